The Morgan fingerprint density at radius 3 is 2.58 bits per heavy atom. The maximum absolute atomic E-state index is 13.5. The molecule has 3 aromatic carbocycles. The van der Waals surface area contributed by atoms with E-state index in [1.165, 1.54) is 12.8 Å². The third-order valence-electron chi connectivity index (χ3n) is 7.28. The summed E-state index contributed by atoms with van der Waals surface area (Å²) in [5, 5.41) is 16.3. The summed E-state index contributed by atoms with van der Waals surface area (Å²) >= 11 is 0. The zero-order chi connectivity index (χ0) is 26.1. The Labute approximate surface area is 220 Å². The van der Waals surface area contributed by atoms with Gasteiger partial charge in [-0.15, -0.1) is 0 Å². The van der Waals surface area contributed by atoms with Crippen LogP contribution in [0.25, 0.3) is 16.6 Å². The van der Waals surface area contributed by atoms with E-state index in [1.54, 1.807) is 24.4 Å². The number of ether oxygens (including phenoxy) is 1. The number of anilines is 1. The molecule has 2 aliphatic rings. The standard InChI is InChI=1S/C30H30N4O4/c35-21-9-7-20(8-10-21)13-14-31-24-12-11-22-27-29(24)38-26-6-2-1-5-25(26)34(27)19-23(28(22)36)30(37)32-15-18-33-16-3-4-17-33/h1-2,5-12,19,31,35H,3-4,13-18H2,(H,32,37). The monoisotopic (exact) mass is 510 g/mol. The SMILES string of the molecule is O=C(NCCN1CCCC1)c1cn2c3c(c(NCCc4ccc(O)cc4)ccc3c1=O)Oc1ccccc1-2. The van der Waals surface area contributed by atoms with Crippen molar-refractivity contribution in [2.75, 3.05) is 38.0 Å². The Hall–Kier alpha value is -4.30. The van der Waals surface area contributed by atoms with Crippen LogP contribution in [0.5, 0.6) is 17.2 Å². The molecule has 194 valence electrons. The Balaban J connectivity index is 1.32. The minimum absolute atomic E-state index is 0.120. The number of nitrogens with one attached hydrogen (secondary N) is 2. The highest BCUT2D eigenvalue weighted by atomic mass is 16.5. The number of rotatable bonds is 8. The fraction of sp³-hybridized carbons (Fsp3) is 0.267. The highest BCUT2D eigenvalue weighted by Gasteiger charge is 2.26. The number of carbonyl (C=O) groups is 1. The van der Waals surface area contributed by atoms with Crippen molar-refractivity contribution in [2.45, 2.75) is 19.3 Å². The lowest BCUT2D eigenvalue weighted by molar-refractivity contribution is 0.0948. The first-order chi connectivity index (χ1) is 18.6. The summed E-state index contributed by atoms with van der Waals surface area (Å²) in [6.07, 6.45) is 4.78. The van der Waals surface area contributed by atoms with Crippen LogP contribution in [0, 0.1) is 0 Å². The van der Waals surface area contributed by atoms with E-state index in [2.05, 4.69) is 15.5 Å². The fourth-order valence-corrected chi connectivity index (χ4v) is 5.27. The van der Waals surface area contributed by atoms with Crippen LogP contribution < -0.4 is 20.8 Å². The zero-order valence-electron chi connectivity index (χ0n) is 21.1. The number of hydrogen-bond acceptors (Lipinski definition) is 6. The van der Waals surface area contributed by atoms with E-state index in [0.717, 1.165) is 43.0 Å². The molecule has 3 heterocycles. The molecule has 8 heteroatoms. The molecule has 4 aromatic rings. The summed E-state index contributed by atoms with van der Waals surface area (Å²) in [5.41, 5.74) is 3.08. The van der Waals surface area contributed by atoms with E-state index in [-0.39, 0.29) is 22.6 Å². The quantitative estimate of drug-likeness (QED) is 0.288. The van der Waals surface area contributed by atoms with Gasteiger partial charge in [0, 0.05) is 25.8 Å². The molecule has 1 aromatic heterocycles. The van der Waals surface area contributed by atoms with Crippen LogP contribution in [0.4, 0.5) is 5.69 Å². The van der Waals surface area contributed by atoms with Gasteiger partial charge in [0.15, 0.2) is 11.5 Å². The number of phenolic OH excluding ortho intramolecular Hbond substituents is 1. The van der Waals surface area contributed by atoms with Crippen molar-refractivity contribution in [2.24, 2.45) is 0 Å². The van der Waals surface area contributed by atoms with Crippen molar-refractivity contribution < 1.29 is 14.6 Å². The second-order valence-corrected chi connectivity index (χ2v) is 9.80. The predicted molar refractivity (Wildman–Crippen MR) is 148 cm³/mol. The van der Waals surface area contributed by atoms with E-state index in [1.807, 2.05) is 47.0 Å². The van der Waals surface area contributed by atoms with Crippen molar-refractivity contribution in [1.29, 1.82) is 0 Å². The molecule has 2 aliphatic heterocycles. The fourth-order valence-electron chi connectivity index (χ4n) is 5.27. The molecule has 0 atom stereocenters. The van der Waals surface area contributed by atoms with E-state index >= 15 is 0 Å². The van der Waals surface area contributed by atoms with Gasteiger partial charge in [0.2, 0.25) is 5.43 Å². The molecule has 0 bridgehead atoms. The largest absolute Gasteiger partial charge is 0.508 e. The first-order valence-corrected chi connectivity index (χ1v) is 13.1. The zero-order valence-corrected chi connectivity index (χ0v) is 21.1. The second-order valence-electron chi connectivity index (χ2n) is 9.80. The third-order valence-corrected chi connectivity index (χ3v) is 7.28. The number of benzene rings is 3. The van der Waals surface area contributed by atoms with Gasteiger partial charge in [0.05, 0.1) is 16.8 Å². The number of amides is 1. The Kier molecular flexibility index (Phi) is 6.47. The highest BCUT2D eigenvalue weighted by Crippen LogP contribution is 2.43. The van der Waals surface area contributed by atoms with Gasteiger partial charge >= 0.3 is 0 Å². The van der Waals surface area contributed by atoms with Crippen LogP contribution in [-0.2, 0) is 6.42 Å². The molecule has 0 radical (unpaired) electrons. The molecule has 38 heavy (non-hydrogen) atoms. The Bertz CT molecular complexity index is 1560. The van der Waals surface area contributed by atoms with Crippen LogP contribution in [0.1, 0.15) is 28.8 Å². The van der Waals surface area contributed by atoms with E-state index < -0.39 is 0 Å². The summed E-state index contributed by atoms with van der Waals surface area (Å²) in [4.78, 5) is 29.0. The second kappa shape index (κ2) is 10.2. The van der Waals surface area contributed by atoms with Gasteiger partial charge in [-0.2, -0.15) is 0 Å². The van der Waals surface area contributed by atoms with Crippen molar-refractivity contribution in [3.63, 3.8) is 0 Å². The van der Waals surface area contributed by atoms with Crippen LogP contribution >= 0.6 is 0 Å². The maximum Gasteiger partial charge on any atom is 0.256 e. The molecule has 8 nitrogen and oxygen atoms in total. The van der Waals surface area contributed by atoms with Crippen molar-refractivity contribution in [1.82, 2.24) is 14.8 Å². The lowest BCUT2D eigenvalue weighted by Gasteiger charge is -2.26. The normalized spacial score (nSPS) is 14.2. The lowest BCUT2D eigenvalue weighted by Crippen LogP contribution is -2.36. The number of aromatic hydroxyl groups is 1. The smallest absolute Gasteiger partial charge is 0.256 e. The number of para-hydroxylation sites is 2. The molecule has 1 saturated heterocycles. The first kappa shape index (κ1) is 24.1. The van der Waals surface area contributed by atoms with Gasteiger partial charge in [-0.05, 0) is 74.3 Å². The minimum atomic E-state index is -0.360. The maximum atomic E-state index is 13.5. The number of nitrogens with zero attached hydrogens (tertiary/aromatic N) is 2. The van der Waals surface area contributed by atoms with E-state index in [9.17, 15) is 14.7 Å². The van der Waals surface area contributed by atoms with Crippen molar-refractivity contribution in [3.8, 4) is 22.9 Å². The topological polar surface area (TPSA) is 95.8 Å². The summed E-state index contributed by atoms with van der Waals surface area (Å²) < 4.78 is 8.21. The molecule has 0 aliphatic carbocycles. The molecule has 3 N–H and O–H groups in total. The van der Waals surface area contributed by atoms with E-state index in [0.29, 0.717) is 35.5 Å². The highest BCUT2D eigenvalue weighted by molar-refractivity contribution is 6.01. The Morgan fingerprint density at radius 1 is 0.974 bits per heavy atom. The van der Waals surface area contributed by atoms with Gasteiger partial charge in [-0.1, -0.05) is 24.3 Å². The van der Waals surface area contributed by atoms with Crippen molar-refractivity contribution >= 4 is 22.5 Å². The minimum Gasteiger partial charge on any atom is -0.508 e. The number of hydrogen-bond donors (Lipinski definition) is 3. The molecule has 0 spiro atoms. The summed E-state index contributed by atoms with van der Waals surface area (Å²) in [5.74, 6) is 1.09. The molecule has 0 unspecified atom stereocenters. The molecule has 6 rings (SSSR count). The number of fused-ring (bicyclic) bond motifs is 2. The van der Waals surface area contributed by atoms with Crippen LogP contribution in [0.3, 0.4) is 0 Å². The van der Waals surface area contributed by atoms with Crippen molar-refractivity contribution in [3.05, 3.63) is 88.2 Å². The molecular formula is C30H30N4O4. The predicted octanol–water partition coefficient (Wildman–Crippen LogP) is 4.28. The number of likely N-dealkylation sites (tertiary alicyclic amines) is 1. The van der Waals surface area contributed by atoms with Gasteiger partial charge < -0.3 is 29.9 Å². The number of aromatic nitrogens is 1. The molecule has 1 fully saturated rings. The number of carbonyl (C=O) groups excluding carboxylic acids is 1. The van der Waals surface area contributed by atoms with Crippen LogP contribution in [0.2, 0.25) is 0 Å². The summed E-state index contributed by atoms with van der Waals surface area (Å²) in [7, 11) is 0. The first-order valence-electron chi connectivity index (χ1n) is 13.1. The molecule has 1 amide bonds. The number of pyridine rings is 1. The third kappa shape index (κ3) is 4.59. The lowest BCUT2D eigenvalue weighted by atomic mass is 10.1. The van der Waals surface area contributed by atoms with Crippen LogP contribution in [-0.4, -0.2) is 53.2 Å². The van der Waals surface area contributed by atoms with E-state index in [4.69, 9.17) is 4.74 Å². The molecule has 0 saturated carbocycles. The van der Waals surface area contributed by atoms with Gasteiger partial charge in [0.25, 0.3) is 5.91 Å². The summed E-state index contributed by atoms with van der Waals surface area (Å²) in [6, 6.07) is 18.3. The molecular weight excluding hydrogens is 480 g/mol. The average molecular weight is 511 g/mol. The van der Waals surface area contributed by atoms with Crippen LogP contribution in [0.15, 0.2) is 71.7 Å². The summed E-state index contributed by atoms with van der Waals surface area (Å²) in [6.45, 7) is 4.04. The number of phenols is 1. The Morgan fingerprint density at radius 2 is 1.76 bits per heavy atom. The van der Waals surface area contributed by atoms with Gasteiger partial charge in [-0.25, -0.2) is 0 Å². The van der Waals surface area contributed by atoms with Gasteiger partial charge in [0.1, 0.15) is 16.8 Å². The average Bonchev–Trinajstić information content (AvgIpc) is 3.45. The van der Waals surface area contributed by atoms with Gasteiger partial charge in [-0.3, -0.25) is 9.59 Å².